The van der Waals surface area contributed by atoms with E-state index >= 15 is 0 Å². The molecule has 0 saturated heterocycles. The summed E-state index contributed by atoms with van der Waals surface area (Å²) in [5.41, 5.74) is 4.90. The number of carbonyl (C=O) groups is 1. The van der Waals surface area contributed by atoms with Crippen LogP contribution in [0.4, 0.5) is 0 Å². The first kappa shape index (κ1) is 5.61. The Balaban J connectivity index is 2.89. The van der Waals surface area contributed by atoms with Crippen LogP contribution in [-0.2, 0) is 4.79 Å². The van der Waals surface area contributed by atoms with Gasteiger partial charge in [-0.15, -0.1) is 0 Å². The zero-order valence-corrected chi connectivity index (χ0v) is 4.40. The van der Waals surface area contributed by atoms with Crippen molar-refractivity contribution in [3.8, 4) is 0 Å². The molecule has 0 bridgehead atoms. The number of aliphatic carboxylic acids is 1. The van der Waals surface area contributed by atoms with Gasteiger partial charge in [0.1, 0.15) is 6.34 Å². The van der Waals surface area contributed by atoms with Crippen molar-refractivity contribution in [3.05, 3.63) is 11.5 Å². The Morgan fingerprint density at radius 1 is 1.78 bits per heavy atom. The van der Waals surface area contributed by atoms with Crippen LogP contribution in [0.5, 0.6) is 0 Å². The smallest absolute Gasteiger partial charge is 0.358 e. The zero-order chi connectivity index (χ0) is 6.85. The molecular formula is C4H4N3O2. The van der Waals surface area contributed by atoms with Crippen molar-refractivity contribution in [2.45, 2.75) is 0 Å². The van der Waals surface area contributed by atoms with Crippen molar-refractivity contribution < 1.29 is 9.90 Å². The minimum absolute atomic E-state index is 0.0394. The number of carboxylic acid groups (broad SMARTS) is 1. The third-order valence-electron chi connectivity index (χ3n) is 0.829. The van der Waals surface area contributed by atoms with Gasteiger partial charge in [-0.1, -0.05) is 0 Å². The summed E-state index contributed by atoms with van der Waals surface area (Å²) in [6, 6.07) is 0. The lowest BCUT2D eigenvalue weighted by Crippen LogP contribution is -2.11. The number of hydrogen-bond donors (Lipinski definition) is 2. The van der Waals surface area contributed by atoms with E-state index in [1.165, 1.54) is 0 Å². The van der Waals surface area contributed by atoms with Crippen LogP contribution in [0.3, 0.4) is 0 Å². The molecule has 0 saturated carbocycles. The minimum Gasteiger partial charge on any atom is -0.476 e. The van der Waals surface area contributed by atoms with Crippen LogP contribution in [0, 0.1) is 0 Å². The van der Waals surface area contributed by atoms with Gasteiger partial charge in [0.15, 0.2) is 11.5 Å². The molecule has 1 radical (unpaired) electrons. The molecular weight excluding hydrogens is 122 g/mol. The second kappa shape index (κ2) is 1.77. The van der Waals surface area contributed by atoms with Gasteiger partial charge in [0.25, 0.3) is 0 Å². The molecule has 0 unspecified atom stereocenters. The number of nitrogens with zero attached hydrogens (tertiary/aromatic N) is 2. The summed E-state index contributed by atoms with van der Waals surface area (Å²) < 4.78 is 0. The molecule has 9 heavy (non-hydrogen) atoms. The van der Waals surface area contributed by atoms with Gasteiger partial charge >= 0.3 is 5.97 Å². The summed E-state index contributed by atoms with van der Waals surface area (Å²) in [6.07, 6.45) is 1.11. The highest BCUT2D eigenvalue weighted by atomic mass is 16.4. The molecule has 47 valence electrons. The predicted octanol–water partition coefficient (Wildman–Crippen LogP) is -1.15. The molecule has 0 atom stereocenters. The predicted molar refractivity (Wildman–Crippen MR) is 29.5 cm³/mol. The van der Waals surface area contributed by atoms with E-state index in [-0.39, 0.29) is 11.5 Å². The summed E-state index contributed by atoms with van der Waals surface area (Å²) >= 11 is 0. The molecule has 5 heteroatoms. The highest BCUT2D eigenvalue weighted by Crippen LogP contribution is 2.02. The average molecular weight is 126 g/mol. The Bertz CT molecular complexity index is 206. The number of carboxylic acids is 1. The number of nitrogens with two attached hydrogens (primary N) is 1. The first-order chi connectivity index (χ1) is 4.22. The fraction of sp³-hybridized carbons (Fsp3) is 0. The van der Waals surface area contributed by atoms with E-state index in [2.05, 4.69) is 10.3 Å². The second-order valence-corrected chi connectivity index (χ2v) is 1.41. The maximum Gasteiger partial charge on any atom is 0.358 e. The van der Waals surface area contributed by atoms with E-state index in [9.17, 15) is 4.79 Å². The lowest BCUT2D eigenvalue weighted by molar-refractivity contribution is -0.132. The summed E-state index contributed by atoms with van der Waals surface area (Å²) in [6.45, 7) is 0. The third-order valence-corrected chi connectivity index (χ3v) is 0.829. The van der Waals surface area contributed by atoms with E-state index in [1.54, 1.807) is 0 Å². The van der Waals surface area contributed by atoms with Gasteiger partial charge < -0.3 is 10.8 Å². The molecule has 1 aliphatic rings. The maximum absolute atomic E-state index is 10.1. The van der Waals surface area contributed by atoms with Crippen LogP contribution >= 0.6 is 0 Å². The highest BCUT2D eigenvalue weighted by molar-refractivity contribution is 5.91. The Hall–Kier alpha value is -1.52. The van der Waals surface area contributed by atoms with Crippen molar-refractivity contribution in [2.24, 2.45) is 10.7 Å². The Morgan fingerprint density at radius 3 is 2.67 bits per heavy atom. The fourth-order valence-corrected chi connectivity index (χ4v) is 0.441. The molecule has 0 fully saturated rings. The van der Waals surface area contributed by atoms with Crippen molar-refractivity contribution in [1.29, 1.82) is 0 Å². The highest BCUT2D eigenvalue weighted by Gasteiger charge is 2.14. The van der Waals surface area contributed by atoms with E-state index in [0.29, 0.717) is 0 Å². The standard InChI is InChI=1S/C4H4N3O2/c5-3-2(4(8)9)6-1-7-3/h1H,5H2,(H,8,9). The first-order valence-electron chi connectivity index (χ1n) is 2.18. The second-order valence-electron chi connectivity index (χ2n) is 1.41. The van der Waals surface area contributed by atoms with Crippen LogP contribution in [0.1, 0.15) is 0 Å². The topological polar surface area (TPSA) is 89.8 Å². The Kier molecular flexibility index (Phi) is 1.11. The fourth-order valence-electron chi connectivity index (χ4n) is 0.441. The van der Waals surface area contributed by atoms with Crippen LogP contribution in [0.2, 0.25) is 0 Å². The van der Waals surface area contributed by atoms with Gasteiger partial charge in [-0.05, 0) is 0 Å². The van der Waals surface area contributed by atoms with Gasteiger partial charge in [-0.3, -0.25) is 0 Å². The van der Waals surface area contributed by atoms with Crippen LogP contribution in [-0.4, -0.2) is 17.4 Å². The van der Waals surface area contributed by atoms with Gasteiger partial charge in [-0.2, -0.15) is 0 Å². The molecule has 5 nitrogen and oxygen atoms in total. The Labute approximate surface area is 50.9 Å². The maximum atomic E-state index is 10.1. The molecule has 0 aliphatic carbocycles. The van der Waals surface area contributed by atoms with E-state index in [4.69, 9.17) is 10.8 Å². The van der Waals surface area contributed by atoms with Crippen molar-refractivity contribution in [3.63, 3.8) is 0 Å². The molecule has 0 spiro atoms. The SMILES string of the molecule is NC1=C(C(=O)O)N=C[N]1. The molecule has 0 amide bonds. The summed E-state index contributed by atoms with van der Waals surface area (Å²) in [5, 5.41) is 11.7. The lowest BCUT2D eigenvalue weighted by atomic mass is 10.5. The van der Waals surface area contributed by atoms with Gasteiger partial charge in [-0.25, -0.2) is 15.1 Å². The van der Waals surface area contributed by atoms with Crippen molar-refractivity contribution in [2.75, 3.05) is 0 Å². The zero-order valence-electron chi connectivity index (χ0n) is 4.40. The number of hydrogen-bond acceptors (Lipinski definition) is 3. The molecule has 3 N–H and O–H groups in total. The van der Waals surface area contributed by atoms with Crippen molar-refractivity contribution in [1.82, 2.24) is 5.32 Å². The normalized spacial score (nSPS) is 16.0. The van der Waals surface area contributed by atoms with E-state index in [1.807, 2.05) is 0 Å². The monoisotopic (exact) mass is 126 g/mol. The lowest BCUT2D eigenvalue weighted by Gasteiger charge is -1.88. The molecule has 1 aliphatic heterocycles. The third kappa shape index (κ3) is 0.835. The quantitative estimate of drug-likeness (QED) is 0.464. The van der Waals surface area contributed by atoms with Gasteiger partial charge in [0.05, 0.1) is 0 Å². The molecule has 1 rings (SSSR count). The van der Waals surface area contributed by atoms with Crippen LogP contribution in [0.15, 0.2) is 16.5 Å². The molecule has 0 aromatic heterocycles. The minimum atomic E-state index is -1.15. The van der Waals surface area contributed by atoms with Crippen molar-refractivity contribution >= 4 is 12.3 Å². The summed E-state index contributed by atoms with van der Waals surface area (Å²) in [7, 11) is 0. The van der Waals surface area contributed by atoms with Gasteiger partial charge in [0, 0.05) is 0 Å². The number of rotatable bonds is 1. The van der Waals surface area contributed by atoms with Crippen LogP contribution < -0.4 is 11.1 Å². The average Bonchev–Trinajstić information content (AvgIpc) is 2.13. The summed E-state index contributed by atoms with van der Waals surface area (Å²) in [5.74, 6) is -1.19. The van der Waals surface area contributed by atoms with Crippen LogP contribution in [0.25, 0.3) is 0 Å². The largest absolute Gasteiger partial charge is 0.476 e. The molecule has 0 aromatic carbocycles. The molecule has 0 aromatic rings. The summed E-state index contributed by atoms with van der Waals surface area (Å²) in [4.78, 5) is 13.5. The first-order valence-corrected chi connectivity index (χ1v) is 2.18. The Morgan fingerprint density at radius 2 is 2.44 bits per heavy atom. The van der Waals surface area contributed by atoms with E-state index in [0.717, 1.165) is 6.34 Å². The number of aliphatic imine (C=N–C) groups is 1. The molecule has 1 heterocycles. The van der Waals surface area contributed by atoms with E-state index < -0.39 is 5.97 Å². The van der Waals surface area contributed by atoms with Gasteiger partial charge in [0.2, 0.25) is 0 Å².